The molecule has 3 nitrogen and oxygen atoms in total. The molecular weight excluding hydrogens is 212 g/mol. The van der Waals surface area contributed by atoms with Gasteiger partial charge in [0.15, 0.2) is 5.82 Å². The van der Waals surface area contributed by atoms with Crippen molar-refractivity contribution in [1.82, 2.24) is 5.16 Å². The fourth-order valence-electron chi connectivity index (χ4n) is 1.53. The summed E-state index contributed by atoms with van der Waals surface area (Å²) in [7, 11) is 0. The van der Waals surface area contributed by atoms with Crippen LogP contribution in [0, 0.1) is 0 Å². The topological polar surface area (TPSA) is 52.0 Å². The summed E-state index contributed by atoms with van der Waals surface area (Å²) in [6.07, 6.45) is 0.741. The molecule has 0 amide bonds. The minimum Gasteiger partial charge on any atom is -0.380 e. The molecule has 4 heteroatoms. The zero-order valence-corrected chi connectivity index (χ0v) is 9.08. The van der Waals surface area contributed by atoms with E-state index < -0.39 is 0 Å². The third-order valence-corrected chi connectivity index (χ3v) is 2.58. The maximum Gasteiger partial charge on any atom is 0.175 e. The molecule has 15 heavy (non-hydrogen) atoms. The number of benzene rings is 1. The summed E-state index contributed by atoms with van der Waals surface area (Å²) in [5, 5.41) is 4.40. The van der Waals surface area contributed by atoms with Crippen LogP contribution in [0.3, 0.4) is 0 Å². The largest absolute Gasteiger partial charge is 0.380 e. The molecule has 0 atom stereocenters. The molecule has 0 spiro atoms. The Morgan fingerprint density at radius 1 is 1.40 bits per heavy atom. The monoisotopic (exact) mass is 222 g/mol. The van der Waals surface area contributed by atoms with Crippen molar-refractivity contribution in [3.63, 3.8) is 0 Å². The summed E-state index contributed by atoms with van der Waals surface area (Å²) in [6, 6.07) is 7.52. The van der Waals surface area contributed by atoms with Crippen LogP contribution in [-0.2, 0) is 6.42 Å². The normalized spacial score (nSPS) is 10.5. The fourth-order valence-corrected chi connectivity index (χ4v) is 1.76. The predicted molar refractivity (Wildman–Crippen MR) is 60.7 cm³/mol. The SMILES string of the molecule is CCc1onc(N)c1-c1ccccc1Cl. The van der Waals surface area contributed by atoms with Gasteiger partial charge in [0, 0.05) is 17.0 Å². The number of hydrogen-bond acceptors (Lipinski definition) is 3. The Hall–Kier alpha value is -1.48. The lowest BCUT2D eigenvalue weighted by Crippen LogP contribution is -1.90. The zero-order chi connectivity index (χ0) is 10.8. The van der Waals surface area contributed by atoms with Gasteiger partial charge in [-0.3, -0.25) is 0 Å². The smallest absolute Gasteiger partial charge is 0.175 e. The molecule has 0 fully saturated rings. The van der Waals surface area contributed by atoms with Gasteiger partial charge in [-0.25, -0.2) is 0 Å². The highest BCUT2D eigenvalue weighted by atomic mass is 35.5. The number of aromatic nitrogens is 1. The van der Waals surface area contributed by atoms with Gasteiger partial charge in [0.1, 0.15) is 5.76 Å². The molecule has 0 saturated heterocycles. The molecular formula is C11H11ClN2O. The summed E-state index contributed by atoms with van der Waals surface area (Å²) < 4.78 is 5.12. The Labute approximate surface area is 92.8 Å². The van der Waals surface area contributed by atoms with E-state index in [-0.39, 0.29) is 0 Å². The molecule has 0 aliphatic rings. The first-order valence-electron chi connectivity index (χ1n) is 4.73. The highest BCUT2D eigenvalue weighted by molar-refractivity contribution is 6.33. The lowest BCUT2D eigenvalue weighted by molar-refractivity contribution is 0.390. The second-order valence-electron chi connectivity index (χ2n) is 3.20. The van der Waals surface area contributed by atoms with E-state index >= 15 is 0 Å². The van der Waals surface area contributed by atoms with Crippen LogP contribution < -0.4 is 5.73 Å². The van der Waals surface area contributed by atoms with Crippen LogP contribution in [0.2, 0.25) is 5.02 Å². The van der Waals surface area contributed by atoms with Gasteiger partial charge in [0.2, 0.25) is 0 Å². The number of nitrogen functional groups attached to an aromatic ring is 1. The van der Waals surface area contributed by atoms with Crippen molar-refractivity contribution in [3.8, 4) is 11.1 Å². The van der Waals surface area contributed by atoms with Crippen molar-refractivity contribution in [2.24, 2.45) is 0 Å². The standard InChI is InChI=1S/C11H11ClN2O/c1-2-9-10(11(13)14-15-9)7-5-3-4-6-8(7)12/h3-6H,2H2,1H3,(H2,13,14). The van der Waals surface area contributed by atoms with Gasteiger partial charge >= 0.3 is 0 Å². The average molecular weight is 223 g/mol. The zero-order valence-electron chi connectivity index (χ0n) is 8.33. The number of anilines is 1. The van der Waals surface area contributed by atoms with Crippen LogP contribution in [0.4, 0.5) is 5.82 Å². The number of nitrogens with two attached hydrogens (primary N) is 1. The molecule has 0 bridgehead atoms. The number of aryl methyl sites for hydroxylation is 1. The van der Waals surface area contributed by atoms with Crippen molar-refractivity contribution in [3.05, 3.63) is 35.0 Å². The van der Waals surface area contributed by atoms with Crippen LogP contribution in [0.15, 0.2) is 28.8 Å². The fraction of sp³-hybridized carbons (Fsp3) is 0.182. The van der Waals surface area contributed by atoms with Crippen LogP contribution in [-0.4, -0.2) is 5.16 Å². The Balaban J connectivity index is 2.63. The summed E-state index contributed by atoms with van der Waals surface area (Å²) in [5.41, 5.74) is 7.43. The highest BCUT2D eigenvalue weighted by Crippen LogP contribution is 2.34. The molecule has 0 radical (unpaired) electrons. The maximum atomic E-state index is 6.09. The molecule has 0 saturated carbocycles. The van der Waals surface area contributed by atoms with Crippen LogP contribution in [0.25, 0.3) is 11.1 Å². The molecule has 1 heterocycles. The third-order valence-electron chi connectivity index (χ3n) is 2.25. The molecule has 1 aromatic heterocycles. The number of nitrogens with zero attached hydrogens (tertiary/aromatic N) is 1. The van der Waals surface area contributed by atoms with E-state index in [1.165, 1.54) is 0 Å². The first-order valence-corrected chi connectivity index (χ1v) is 5.10. The minimum absolute atomic E-state index is 0.389. The highest BCUT2D eigenvalue weighted by Gasteiger charge is 2.16. The Morgan fingerprint density at radius 2 is 2.13 bits per heavy atom. The van der Waals surface area contributed by atoms with Crippen LogP contribution in [0.5, 0.6) is 0 Å². The van der Waals surface area contributed by atoms with Crippen molar-refractivity contribution in [1.29, 1.82) is 0 Å². The van der Waals surface area contributed by atoms with Crippen LogP contribution in [0.1, 0.15) is 12.7 Å². The van der Waals surface area contributed by atoms with E-state index in [1.54, 1.807) is 0 Å². The van der Waals surface area contributed by atoms with Crippen molar-refractivity contribution in [2.75, 3.05) is 5.73 Å². The Bertz CT molecular complexity index is 479. The summed E-state index contributed by atoms with van der Waals surface area (Å²) in [5.74, 6) is 1.15. The second kappa shape index (κ2) is 3.95. The van der Waals surface area contributed by atoms with Crippen molar-refractivity contribution < 1.29 is 4.52 Å². The molecule has 0 aliphatic carbocycles. The van der Waals surface area contributed by atoms with Gasteiger partial charge in [-0.2, -0.15) is 0 Å². The summed E-state index contributed by atoms with van der Waals surface area (Å²) in [4.78, 5) is 0. The molecule has 2 N–H and O–H groups in total. The van der Waals surface area contributed by atoms with Gasteiger partial charge in [-0.15, -0.1) is 0 Å². The Kier molecular flexibility index (Phi) is 2.64. The molecule has 2 aromatic rings. The van der Waals surface area contributed by atoms with Gasteiger partial charge in [0.25, 0.3) is 0 Å². The van der Waals surface area contributed by atoms with E-state index in [2.05, 4.69) is 5.16 Å². The van der Waals surface area contributed by atoms with Crippen LogP contribution >= 0.6 is 11.6 Å². The molecule has 1 aromatic carbocycles. The number of halogens is 1. The summed E-state index contributed by atoms with van der Waals surface area (Å²) in [6.45, 7) is 1.99. The van der Waals surface area contributed by atoms with E-state index in [4.69, 9.17) is 21.9 Å². The molecule has 0 unspecified atom stereocenters. The minimum atomic E-state index is 0.389. The quantitative estimate of drug-likeness (QED) is 0.849. The second-order valence-corrected chi connectivity index (χ2v) is 3.61. The number of rotatable bonds is 2. The third kappa shape index (κ3) is 1.70. The van der Waals surface area contributed by atoms with Gasteiger partial charge in [0.05, 0.1) is 5.56 Å². The molecule has 2 rings (SSSR count). The van der Waals surface area contributed by atoms with Gasteiger partial charge in [-0.05, 0) is 6.07 Å². The lowest BCUT2D eigenvalue weighted by atomic mass is 10.0. The number of hydrogen-bond donors (Lipinski definition) is 1. The Morgan fingerprint density at radius 3 is 2.80 bits per heavy atom. The first kappa shape index (κ1) is 10.1. The summed E-state index contributed by atoms with van der Waals surface area (Å²) >= 11 is 6.09. The molecule has 78 valence electrons. The lowest BCUT2D eigenvalue weighted by Gasteiger charge is -2.02. The predicted octanol–water partition coefficient (Wildman–Crippen LogP) is 3.14. The van der Waals surface area contributed by atoms with E-state index in [0.29, 0.717) is 10.8 Å². The average Bonchev–Trinajstić information content (AvgIpc) is 2.60. The van der Waals surface area contributed by atoms with E-state index in [0.717, 1.165) is 23.3 Å². The maximum absolute atomic E-state index is 6.09. The van der Waals surface area contributed by atoms with Crippen molar-refractivity contribution >= 4 is 17.4 Å². The van der Waals surface area contributed by atoms with E-state index in [1.807, 2.05) is 31.2 Å². The van der Waals surface area contributed by atoms with Crippen molar-refractivity contribution in [2.45, 2.75) is 13.3 Å². The van der Waals surface area contributed by atoms with E-state index in [9.17, 15) is 0 Å². The molecule has 0 aliphatic heterocycles. The van der Waals surface area contributed by atoms with Gasteiger partial charge < -0.3 is 10.3 Å². The first-order chi connectivity index (χ1) is 7.24. The van der Waals surface area contributed by atoms with Gasteiger partial charge in [-0.1, -0.05) is 41.9 Å².